The highest BCUT2D eigenvalue weighted by molar-refractivity contribution is 9.10. The lowest BCUT2D eigenvalue weighted by molar-refractivity contribution is -0.122. The molecule has 150 valence electrons. The SMILES string of the molecule is CCOc1ccc(C=C2C(=O)NC(=O)N(c3ccc(Br)cc3)C2=O)c2ccccc12. The third-order valence-corrected chi connectivity index (χ3v) is 5.23. The highest BCUT2D eigenvalue weighted by Crippen LogP contribution is 2.31. The Hall–Kier alpha value is -3.45. The van der Waals surface area contributed by atoms with Crippen LogP contribution in [0.4, 0.5) is 10.5 Å². The minimum absolute atomic E-state index is 0.119. The summed E-state index contributed by atoms with van der Waals surface area (Å²) in [5.41, 5.74) is 0.931. The zero-order valence-electron chi connectivity index (χ0n) is 16.0. The van der Waals surface area contributed by atoms with E-state index in [1.165, 1.54) is 6.08 Å². The minimum Gasteiger partial charge on any atom is -0.493 e. The second kappa shape index (κ2) is 8.12. The van der Waals surface area contributed by atoms with Gasteiger partial charge < -0.3 is 4.74 Å². The number of ether oxygens (including phenoxy) is 1. The molecule has 1 heterocycles. The van der Waals surface area contributed by atoms with E-state index in [0.717, 1.165) is 25.9 Å². The van der Waals surface area contributed by atoms with Crippen molar-refractivity contribution in [2.24, 2.45) is 0 Å². The summed E-state index contributed by atoms with van der Waals surface area (Å²) in [7, 11) is 0. The van der Waals surface area contributed by atoms with Crippen molar-refractivity contribution >= 4 is 56.3 Å². The molecule has 0 bridgehead atoms. The summed E-state index contributed by atoms with van der Waals surface area (Å²) in [6, 6.07) is 17.1. The lowest BCUT2D eigenvalue weighted by Crippen LogP contribution is -2.54. The topological polar surface area (TPSA) is 75.7 Å². The number of rotatable bonds is 4. The van der Waals surface area contributed by atoms with Crippen LogP contribution < -0.4 is 15.0 Å². The number of anilines is 1. The van der Waals surface area contributed by atoms with Crippen molar-refractivity contribution in [1.29, 1.82) is 0 Å². The quantitative estimate of drug-likeness (QED) is 0.449. The van der Waals surface area contributed by atoms with Gasteiger partial charge in [-0.05, 0) is 54.3 Å². The normalized spacial score (nSPS) is 15.6. The Labute approximate surface area is 181 Å². The van der Waals surface area contributed by atoms with Crippen molar-refractivity contribution in [2.75, 3.05) is 11.5 Å². The Morgan fingerprint density at radius 2 is 1.67 bits per heavy atom. The zero-order chi connectivity index (χ0) is 21.3. The molecule has 7 heteroatoms. The first-order chi connectivity index (χ1) is 14.5. The molecule has 0 aromatic heterocycles. The average molecular weight is 465 g/mol. The van der Waals surface area contributed by atoms with Crippen molar-refractivity contribution in [3.63, 3.8) is 0 Å². The molecule has 1 fully saturated rings. The Morgan fingerprint density at radius 3 is 2.37 bits per heavy atom. The van der Waals surface area contributed by atoms with E-state index in [9.17, 15) is 14.4 Å². The molecule has 4 rings (SSSR count). The summed E-state index contributed by atoms with van der Waals surface area (Å²) in [4.78, 5) is 38.9. The second-order valence-electron chi connectivity index (χ2n) is 6.57. The number of carbonyl (C=O) groups is 3. The van der Waals surface area contributed by atoms with Gasteiger partial charge in [-0.3, -0.25) is 14.9 Å². The van der Waals surface area contributed by atoms with Crippen molar-refractivity contribution in [3.8, 4) is 5.75 Å². The third kappa shape index (κ3) is 3.59. The number of carbonyl (C=O) groups excluding carboxylic acids is 3. The molecule has 1 aliphatic heterocycles. The molecule has 0 saturated carbocycles. The van der Waals surface area contributed by atoms with E-state index in [4.69, 9.17) is 4.74 Å². The molecule has 1 aliphatic rings. The second-order valence-corrected chi connectivity index (χ2v) is 7.48. The number of urea groups is 1. The van der Waals surface area contributed by atoms with E-state index in [1.54, 1.807) is 36.4 Å². The maximum atomic E-state index is 13.1. The fraction of sp³-hybridized carbons (Fsp3) is 0.0870. The van der Waals surface area contributed by atoms with Crippen LogP contribution in [0, 0.1) is 0 Å². The highest BCUT2D eigenvalue weighted by Gasteiger charge is 2.36. The van der Waals surface area contributed by atoms with E-state index in [0.29, 0.717) is 17.9 Å². The van der Waals surface area contributed by atoms with Crippen LogP contribution in [0.1, 0.15) is 12.5 Å². The number of hydrogen-bond acceptors (Lipinski definition) is 4. The number of fused-ring (bicyclic) bond motifs is 1. The Morgan fingerprint density at radius 1 is 0.967 bits per heavy atom. The van der Waals surface area contributed by atoms with Crippen LogP contribution in [0.15, 0.2) is 70.7 Å². The first kappa shape index (κ1) is 19.8. The zero-order valence-corrected chi connectivity index (χ0v) is 17.6. The minimum atomic E-state index is -0.777. The molecule has 0 unspecified atom stereocenters. The summed E-state index contributed by atoms with van der Waals surface area (Å²) < 4.78 is 6.49. The Kier molecular flexibility index (Phi) is 5.37. The Bertz CT molecular complexity index is 1200. The fourth-order valence-electron chi connectivity index (χ4n) is 3.34. The number of amides is 4. The lowest BCUT2D eigenvalue weighted by Gasteiger charge is -2.26. The van der Waals surface area contributed by atoms with Gasteiger partial charge >= 0.3 is 6.03 Å². The van der Waals surface area contributed by atoms with Crippen LogP contribution in [0.5, 0.6) is 5.75 Å². The van der Waals surface area contributed by atoms with Crippen molar-refractivity contribution in [1.82, 2.24) is 5.32 Å². The molecule has 6 nitrogen and oxygen atoms in total. The van der Waals surface area contributed by atoms with Crippen LogP contribution in [0.2, 0.25) is 0 Å². The first-order valence-corrected chi connectivity index (χ1v) is 10.1. The highest BCUT2D eigenvalue weighted by atomic mass is 79.9. The number of nitrogens with zero attached hydrogens (tertiary/aromatic N) is 1. The summed E-state index contributed by atoms with van der Waals surface area (Å²) in [6.45, 7) is 2.43. The van der Waals surface area contributed by atoms with Crippen LogP contribution in [-0.4, -0.2) is 24.5 Å². The van der Waals surface area contributed by atoms with E-state index < -0.39 is 17.8 Å². The van der Waals surface area contributed by atoms with Crippen molar-refractivity contribution in [3.05, 3.63) is 76.3 Å². The number of benzene rings is 3. The van der Waals surface area contributed by atoms with Crippen molar-refractivity contribution < 1.29 is 19.1 Å². The van der Waals surface area contributed by atoms with E-state index in [1.807, 2.05) is 31.2 Å². The van der Waals surface area contributed by atoms with Gasteiger partial charge in [0.15, 0.2) is 0 Å². The molecule has 1 saturated heterocycles. The molecule has 1 N–H and O–H groups in total. The first-order valence-electron chi connectivity index (χ1n) is 9.31. The van der Waals surface area contributed by atoms with Gasteiger partial charge in [0.25, 0.3) is 11.8 Å². The van der Waals surface area contributed by atoms with Gasteiger partial charge in [-0.2, -0.15) is 0 Å². The van der Waals surface area contributed by atoms with Gasteiger partial charge in [-0.25, -0.2) is 9.69 Å². The van der Waals surface area contributed by atoms with E-state index in [-0.39, 0.29) is 5.57 Å². The molecule has 3 aromatic rings. The number of imide groups is 2. The summed E-state index contributed by atoms with van der Waals surface area (Å²) >= 11 is 3.33. The number of hydrogen-bond donors (Lipinski definition) is 1. The van der Waals surface area contributed by atoms with Crippen LogP contribution in [0.3, 0.4) is 0 Å². The fourth-order valence-corrected chi connectivity index (χ4v) is 3.60. The van der Waals surface area contributed by atoms with Gasteiger partial charge in [0.05, 0.1) is 12.3 Å². The largest absolute Gasteiger partial charge is 0.493 e. The van der Waals surface area contributed by atoms with Gasteiger partial charge in [-0.15, -0.1) is 0 Å². The molecular formula is C23H17BrN2O4. The molecule has 0 spiro atoms. The predicted molar refractivity (Wildman–Crippen MR) is 118 cm³/mol. The maximum Gasteiger partial charge on any atom is 0.335 e. The van der Waals surface area contributed by atoms with E-state index >= 15 is 0 Å². The van der Waals surface area contributed by atoms with Crippen LogP contribution in [0.25, 0.3) is 16.8 Å². The molecule has 0 radical (unpaired) electrons. The Balaban J connectivity index is 1.80. The summed E-state index contributed by atoms with van der Waals surface area (Å²) in [5.74, 6) is -0.679. The van der Waals surface area contributed by atoms with Gasteiger partial charge in [0.2, 0.25) is 0 Å². The van der Waals surface area contributed by atoms with E-state index in [2.05, 4.69) is 21.2 Å². The number of halogens is 1. The summed E-state index contributed by atoms with van der Waals surface area (Å²) in [6.07, 6.45) is 1.51. The molecule has 30 heavy (non-hydrogen) atoms. The third-order valence-electron chi connectivity index (χ3n) is 4.70. The average Bonchev–Trinajstić information content (AvgIpc) is 2.74. The monoisotopic (exact) mass is 464 g/mol. The van der Waals surface area contributed by atoms with Gasteiger partial charge in [0, 0.05) is 9.86 Å². The van der Waals surface area contributed by atoms with Crippen molar-refractivity contribution in [2.45, 2.75) is 6.92 Å². The number of nitrogens with one attached hydrogen (secondary N) is 1. The molecular weight excluding hydrogens is 448 g/mol. The summed E-state index contributed by atoms with van der Waals surface area (Å²) in [5, 5.41) is 3.96. The van der Waals surface area contributed by atoms with Crippen LogP contribution in [-0.2, 0) is 9.59 Å². The van der Waals surface area contributed by atoms with Gasteiger partial charge in [0.1, 0.15) is 11.3 Å². The lowest BCUT2D eigenvalue weighted by atomic mass is 10.00. The standard InChI is InChI=1S/C23H17BrN2O4/c1-2-30-20-12-7-14(17-5-3-4-6-18(17)20)13-19-21(27)25-23(29)26(22(19)28)16-10-8-15(24)9-11-16/h3-13H,2H2,1H3,(H,25,27,29). The van der Waals surface area contributed by atoms with Gasteiger partial charge in [-0.1, -0.05) is 46.3 Å². The smallest absolute Gasteiger partial charge is 0.335 e. The number of barbiturate groups is 1. The molecule has 4 amide bonds. The molecule has 0 atom stereocenters. The molecule has 0 aliphatic carbocycles. The maximum absolute atomic E-state index is 13.1. The van der Waals surface area contributed by atoms with Crippen LogP contribution >= 0.6 is 15.9 Å². The molecule has 3 aromatic carbocycles. The predicted octanol–water partition coefficient (Wildman–Crippen LogP) is 4.67.